The van der Waals surface area contributed by atoms with Gasteiger partial charge in [-0.15, -0.1) is 0 Å². The molecule has 0 bridgehead atoms. The Morgan fingerprint density at radius 2 is 2.24 bits per heavy atom. The van der Waals surface area contributed by atoms with Gasteiger partial charge in [0.25, 0.3) is 5.91 Å². The number of hydrogen-bond acceptors (Lipinski definition) is 6. The van der Waals surface area contributed by atoms with E-state index in [1.807, 2.05) is 12.1 Å². The lowest BCUT2D eigenvalue weighted by Gasteiger charge is -2.25. The monoisotopic (exact) mass is 290 g/mol. The first-order valence-electron chi connectivity index (χ1n) is 7.10. The van der Waals surface area contributed by atoms with E-state index >= 15 is 0 Å². The maximum absolute atomic E-state index is 12.1. The van der Waals surface area contributed by atoms with Crippen molar-refractivity contribution in [1.82, 2.24) is 20.5 Å². The van der Waals surface area contributed by atoms with Crippen LogP contribution in [0.15, 0.2) is 27.4 Å². The van der Waals surface area contributed by atoms with Gasteiger partial charge in [-0.2, -0.15) is 0 Å². The van der Waals surface area contributed by atoms with Crippen LogP contribution < -0.4 is 5.32 Å². The van der Waals surface area contributed by atoms with Gasteiger partial charge in [0, 0.05) is 6.54 Å². The van der Waals surface area contributed by atoms with Gasteiger partial charge in [0.2, 0.25) is 0 Å². The van der Waals surface area contributed by atoms with Crippen molar-refractivity contribution in [3.63, 3.8) is 0 Å². The number of amides is 1. The van der Waals surface area contributed by atoms with Crippen molar-refractivity contribution in [3.8, 4) is 0 Å². The van der Waals surface area contributed by atoms with E-state index in [2.05, 4.69) is 25.2 Å². The van der Waals surface area contributed by atoms with Gasteiger partial charge < -0.3 is 9.73 Å². The van der Waals surface area contributed by atoms with Crippen molar-refractivity contribution < 1.29 is 13.8 Å². The van der Waals surface area contributed by atoms with E-state index in [0.29, 0.717) is 12.2 Å². The summed E-state index contributed by atoms with van der Waals surface area (Å²) in [6.45, 7) is 4.20. The van der Waals surface area contributed by atoms with Crippen LogP contribution in [-0.2, 0) is 0 Å². The summed E-state index contributed by atoms with van der Waals surface area (Å²) in [6.07, 6.45) is 4.01. The number of nitrogens with zero attached hydrogens (tertiary/aromatic N) is 3. The number of nitrogens with one attached hydrogen (secondary N) is 1. The molecule has 7 nitrogen and oxygen atoms in total. The van der Waals surface area contributed by atoms with Crippen LogP contribution in [0.25, 0.3) is 0 Å². The van der Waals surface area contributed by atoms with Gasteiger partial charge in [-0.05, 0) is 50.1 Å². The van der Waals surface area contributed by atoms with Gasteiger partial charge in [-0.25, -0.2) is 4.63 Å². The van der Waals surface area contributed by atoms with E-state index in [-0.39, 0.29) is 17.6 Å². The van der Waals surface area contributed by atoms with Crippen LogP contribution in [0.5, 0.6) is 0 Å². The third kappa shape index (κ3) is 2.97. The number of likely N-dealkylation sites (tertiary alicyclic amines) is 1. The average molecular weight is 290 g/mol. The molecule has 1 unspecified atom stereocenters. The van der Waals surface area contributed by atoms with Crippen LogP contribution >= 0.6 is 0 Å². The SMILES string of the molecule is Cc1nonc1C(=O)NCC(c1ccco1)N1CCCC1. The Bertz CT molecular complexity index is 587. The number of carbonyl (C=O) groups excluding carboxylic acids is 1. The fourth-order valence-electron chi connectivity index (χ4n) is 2.65. The molecule has 0 radical (unpaired) electrons. The van der Waals surface area contributed by atoms with Crippen molar-refractivity contribution in [2.45, 2.75) is 25.8 Å². The van der Waals surface area contributed by atoms with Crippen molar-refractivity contribution in [2.24, 2.45) is 0 Å². The highest BCUT2D eigenvalue weighted by molar-refractivity contribution is 5.92. The highest BCUT2D eigenvalue weighted by Crippen LogP contribution is 2.24. The number of aromatic nitrogens is 2. The standard InChI is InChI=1S/C14H18N4O3/c1-10-13(17-21-16-10)14(19)15-9-11(12-5-4-8-20-12)18-6-2-3-7-18/h4-5,8,11H,2-3,6-7,9H2,1H3,(H,15,19). The minimum atomic E-state index is -0.274. The second-order valence-electron chi connectivity index (χ2n) is 5.18. The Balaban J connectivity index is 1.67. The van der Waals surface area contributed by atoms with Crippen LogP contribution in [0.1, 0.15) is 40.8 Å². The highest BCUT2D eigenvalue weighted by Gasteiger charge is 2.26. The van der Waals surface area contributed by atoms with Crippen LogP contribution in [-0.4, -0.2) is 40.8 Å². The molecule has 0 aliphatic carbocycles. The van der Waals surface area contributed by atoms with Crippen LogP contribution in [0, 0.1) is 6.92 Å². The number of furan rings is 1. The van der Waals surface area contributed by atoms with Crippen molar-refractivity contribution in [1.29, 1.82) is 0 Å². The van der Waals surface area contributed by atoms with Crippen LogP contribution in [0.4, 0.5) is 0 Å². The molecule has 0 spiro atoms. The second kappa shape index (κ2) is 6.09. The summed E-state index contributed by atoms with van der Waals surface area (Å²) in [6, 6.07) is 3.86. The third-order valence-corrected chi connectivity index (χ3v) is 3.78. The maximum atomic E-state index is 12.1. The molecule has 7 heteroatoms. The molecule has 0 saturated carbocycles. The molecule has 1 N–H and O–H groups in total. The maximum Gasteiger partial charge on any atom is 0.275 e. The van der Waals surface area contributed by atoms with Crippen LogP contribution in [0.3, 0.4) is 0 Å². The zero-order chi connectivity index (χ0) is 14.7. The first-order valence-corrected chi connectivity index (χ1v) is 7.10. The Morgan fingerprint density at radius 1 is 1.43 bits per heavy atom. The molecule has 1 aliphatic heterocycles. The normalized spacial score (nSPS) is 17.0. The number of hydrogen-bond donors (Lipinski definition) is 1. The van der Waals surface area contributed by atoms with E-state index in [1.165, 1.54) is 12.8 Å². The Morgan fingerprint density at radius 3 is 2.86 bits per heavy atom. The highest BCUT2D eigenvalue weighted by atomic mass is 16.6. The minimum Gasteiger partial charge on any atom is -0.468 e. The van der Waals surface area contributed by atoms with E-state index in [1.54, 1.807) is 13.2 Å². The summed E-state index contributed by atoms with van der Waals surface area (Å²) < 4.78 is 10.1. The molecule has 2 aromatic heterocycles. The topological polar surface area (TPSA) is 84.4 Å². The second-order valence-corrected chi connectivity index (χ2v) is 5.18. The summed E-state index contributed by atoms with van der Waals surface area (Å²) in [5.74, 6) is 0.594. The molecule has 0 aromatic carbocycles. The number of aryl methyl sites for hydroxylation is 1. The summed E-state index contributed by atoms with van der Waals surface area (Å²) in [7, 11) is 0. The number of rotatable bonds is 5. The zero-order valence-electron chi connectivity index (χ0n) is 11.9. The fraction of sp³-hybridized carbons (Fsp3) is 0.500. The van der Waals surface area contributed by atoms with E-state index in [0.717, 1.165) is 18.8 Å². The van der Waals surface area contributed by atoms with Gasteiger partial charge in [0.15, 0.2) is 5.69 Å². The molecule has 3 rings (SSSR count). The number of carbonyl (C=O) groups is 1. The molecule has 1 amide bonds. The first-order chi connectivity index (χ1) is 10.3. The van der Waals surface area contributed by atoms with Gasteiger partial charge in [0.1, 0.15) is 11.5 Å². The minimum absolute atomic E-state index is 0.0478. The smallest absolute Gasteiger partial charge is 0.275 e. The summed E-state index contributed by atoms with van der Waals surface area (Å²) in [5.41, 5.74) is 0.720. The lowest BCUT2D eigenvalue weighted by molar-refractivity contribution is 0.0923. The van der Waals surface area contributed by atoms with Crippen LogP contribution in [0.2, 0.25) is 0 Å². The van der Waals surface area contributed by atoms with E-state index in [4.69, 9.17) is 4.42 Å². The summed E-state index contributed by atoms with van der Waals surface area (Å²) in [4.78, 5) is 14.4. The summed E-state index contributed by atoms with van der Waals surface area (Å²) in [5, 5.41) is 10.1. The zero-order valence-corrected chi connectivity index (χ0v) is 11.9. The molecule has 1 saturated heterocycles. The Labute approximate surface area is 122 Å². The lowest BCUT2D eigenvalue weighted by atomic mass is 10.2. The largest absolute Gasteiger partial charge is 0.468 e. The molecule has 1 atom stereocenters. The molecule has 3 heterocycles. The van der Waals surface area contributed by atoms with Gasteiger partial charge in [-0.3, -0.25) is 9.69 Å². The molecular formula is C14H18N4O3. The quantitative estimate of drug-likeness (QED) is 0.899. The average Bonchev–Trinajstić information content (AvgIpc) is 3.21. The Kier molecular flexibility index (Phi) is 4.01. The van der Waals surface area contributed by atoms with E-state index in [9.17, 15) is 4.79 Å². The fourth-order valence-corrected chi connectivity index (χ4v) is 2.65. The predicted octanol–water partition coefficient (Wildman–Crippen LogP) is 1.54. The van der Waals surface area contributed by atoms with Gasteiger partial charge in [0.05, 0.1) is 12.3 Å². The summed E-state index contributed by atoms with van der Waals surface area (Å²) >= 11 is 0. The van der Waals surface area contributed by atoms with Crippen molar-refractivity contribution >= 4 is 5.91 Å². The van der Waals surface area contributed by atoms with E-state index < -0.39 is 0 Å². The van der Waals surface area contributed by atoms with Gasteiger partial charge >= 0.3 is 0 Å². The molecule has 112 valence electrons. The molecule has 21 heavy (non-hydrogen) atoms. The molecule has 2 aromatic rings. The molecular weight excluding hydrogens is 272 g/mol. The third-order valence-electron chi connectivity index (χ3n) is 3.78. The van der Waals surface area contributed by atoms with Crippen molar-refractivity contribution in [2.75, 3.05) is 19.6 Å². The first kappa shape index (κ1) is 13.8. The molecule has 1 fully saturated rings. The van der Waals surface area contributed by atoms with Crippen molar-refractivity contribution in [3.05, 3.63) is 35.5 Å². The predicted molar refractivity (Wildman–Crippen MR) is 73.6 cm³/mol. The Hall–Kier alpha value is -2.15. The molecule has 1 aliphatic rings. The lowest BCUT2D eigenvalue weighted by Crippen LogP contribution is -2.36. The van der Waals surface area contributed by atoms with Gasteiger partial charge in [-0.1, -0.05) is 5.16 Å².